The third kappa shape index (κ3) is 3.09. The molecular formula is C12H14N2O4S2. The molecule has 0 unspecified atom stereocenters. The van der Waals surface area contributed by atoms with Crippen LogP contribution < -0.4 is 4.72 Å². The lowest BCUT2D eigenvalue weighted by Crippen LogP contribution is -2.23. The van der Waals surface area contributed by atoms with Gasteiger partial charge in [0.25, 0.3) is 0 Å². The molecule has 20 heavy (non-hydrogen) atoms. The highest BCUT2D eigenvalue weighted by Crippen LogP contribution is 2.25. The van der Waals surface area contributed by atoms with Gasteiger partial charge in [-0.05, 0) is 24.6 Å². The molecule has 0 fully saturated rings. The average molecular weight is 314 g/mol. The molecule has 0 radical (unpaired) electrons. The Balaban J connectivity index is 2.20. The van der Waals surface area contributed by atoms with Crippen LogP contribution in [-0.4, -0.2) is 24.1 Å². The summed E-state index contributed by atoms with van der Waals surface area (Å²) < 4.78 is 28.6. The Morgan fingerprint density at radius 2 is 2.20 bits per heavy atom. The molecule has 0 amide bonds. The molecule has 8 heteroatoms. The molecule has 0 spiro atoms. The summed E-state index contributed by atoms with van der Waals surface area (Å²) in [6.07, 6.45) is 3.63. The molecule has 2 rings (SSSR count). The van der Waals surface area contributed by atoms with E-state index in [0.717, 1.165) is 16.9 Å². The number of rotatable bonds is 5. The van der Waals surface area contributed by atoms with Gasteiger partial charge in [0.15, 0.2) is 0 Å². The minimum absolute atomic E-state index is 0.0163. The lowest BCUT2D eigenvalue weighted by atomic mass is 10.4. The number of carboxylic acid groups (broad SMARTS) is 1. The van der Waals surface area contributed by atoms with Gasteiger partial charge in [-0.3, -0.25) is 0 Å². The number of thiophene rings is 1. The van der Waals surface area contributed by atoms with E-state index in [0.29, 0.717) is 4.88 Å². The Morgan fingerprint density at radius 1 is 1.50 bits per heavy atom. The zero-order chi connectivity index (χ0) is 14.9. The monoisotopic (exact) mass is 314 g/mol. The summed E-state index contributed by atoms with van der Waals surface area (Å²) >= 11 is 0.952. The van der Waals surface area contributed by atoms with Gasteiger partial charge in [-0.25, -0.2) is 17.9 Å². The van der Waals surface area contributed by atoms with Crippen LogP contribution in [0.25, 0.3) is 0 Å². The van der Waals surface area contributed by atoms with Gasteiger partial charge in [0.1, 0.15) is 4.88 Å². The van der Waals surface area contributed by atoms with Gasteiger partial charge in [-0.2, -0.15) is 0 Å². The number of aryl methyl sites for hydroxylation is 2. The fourth-order valence-electron chi connectivity index (χ4n) is 1.76. The van der Waals surface area contributed by atoms with Crippen LogP contribution in [0.2, 0.25) is 0 Å². The zero-order valence-electron chi connectivity index (χ0n) is 11.0. The molecule has 0 aliphatic carbocycles. The first-order valence-electron chi connectivity index (χ1n) is 5.74. The molecule has 2 aromatic heterocycles. The van der Waals surface area contributed by atoms with Crippen molar-refractivity contribution in [3.05, 3.63) is 39.8 Å². The molecular weight excluding hydrogens is 300 g/mol. The van der Waals surface area contributed by atoms with Crippen molar-refractivity contribution in [3.63, 3.8) is 0 Å². The second-order valence-electron chi connectivity index (χ2n) is 4.35. The third-order valence-corrected chi connectivity index (χ3v) is 5.43. The fraction of sp³-hybridized carbons (Fsp3) is 0.250. The van der Waals surface area contributed by atoms with Crippen molar-refractivity contribution in [1.29, 1.82) is 0 Å². The van der Waals surface area contributed by atoms with Crippen molar-refractivity contribution in [2.24, 2.45) is 7.05 Å². The summed E-state index contributed by atoms with van der Waals surface area (Å²) in [6, 6.07) is 3.00. The molecule has 6 nitrogen and oxygen atoms in total. The third-order valence-electron chi connectivity index (χ3n) is 2.73. The van der Waals surface area contributed by atoms with Gasteiger partial charge in [0.2, 0.25) is 10.0 Å². The van der Waals surface area contributed by atoms with E-state index in [1.165, 1.54) is 6.07 Å². The van der Waals surface area contributed by atoms with Crippen molar-refractivity contribution in [1.82, 2.24) is 9.29 Å². The molecule has 0 saturated carbocycles. The molecule has 0 atom stereocenters. The molecule has 108 valence electrons. The number of carbonyl (C=O) groups is 1. The van der Waals surface area contributed by atoms with Crippen molar-refractivity contribution >= 4 is 27.3 Å². The maximum atomic E-state index is 12.2. The van der Waals surface area contributed by atoms with Crippen molar-refractivity contribution in [2.45, 2.75) is 18.4 Å². The summed E-state index contributed by atoms with van der Waals surface area (Å²) in [6.45, 7) is 1.76. The zero-order valence-corrected chi connectivity index (χ0v) is 12.6. The van der Waals surface area contributed by atoms with Crippen LogP contribution in [0.3, 0.4) is 0 Å². The van der Waals surface area contributed by atoms with E-state index in [-0.39, 0.29) is 16.3 Å². The summed E-state index contributed by atoms with van der Waals surface area (Å²) in [5.74, 6) is -1.12. The molecule has 0 aliphatic heterocycles. The van der Waals surface area contributed by atoms with Gasteiger partial charge in [0, 0.05) is 30.9 Å². The van der Waals surface area contributed by atoms with Crippen LogP contribution in [0.1, 0.15) is 20.1 Å². The van der Waals surface area contributed by atoms with Crippen LogP contribution in [0.15, 0.2) is 29.4 Å². The number of carboxylic acids is 1. The molecule has 0 aliphatic rings. The predicted molar refractivity (Wildman–Crippen MR) is 75.5 cm³/mol. The van der Waals surface area contributed by atoms with E-state index in [9.17, 15) is 13.2 Å². The van der Waals surface area contributed by atoms with E-state index in [4.69, 9.17) is 5.11 Å². The Hall–Kier alpha value is -1.64. The maximum absolute atomic E-state index is 12.2. The number of hydrogen-bond acceptors (Lipinski definition) is 4. The van der Waals surface area contributed by atoms with Gasteiger partial charge >= 0.3 is 5.97 Å². The standard InChI is InChI=1S/C12H14N2O4S2/c1-8-11(5-10(19-8)12(15)16)20(17,18)13-6-9-3-4-14(2)7-9/h3-5,7,13H,6H2,1-2H3,(H,15,16). The molecule has 0 saturated heterocycles. The maximum Gasteiger partial charge on any atom is 0.345 e. The minimum atomic E-state index is -3.70. The minimum Gasteiger partial charge on any atom is -0.477 e. The van der Waals surface area contributed by atoms with Gasteiger partial charge < -0.3 is 9.67 Å². The lowest BCUT2D eigenvalue weighted by molar-refractivity contribution is 0.0702. The van der Waals surface area contributed by atoms with E-state index >= 15 is 0 Å². The van der Waals surface area contributed by atoms with Crippen LogP contribution in [0.5, 0.6) is 0 Å². The molecule has 0 bridgehead atoms. The first kappa shape index (κ1) is 14.8. The summed E-state index contributed by atoms with van der Waals surface area (Å²) in [4.78, 5) is 11.4. The Kier molecular flexibility index (Phi) is 3.98. The second-order valence-corrected chi connectivity index (χ2v) is 7.34. The number of hydrogen-bond donors (Lipinski definition) is 2. The van der Waals surface area contributed by atoms with Crippen molar-refractivity contribution in [2.75, 3.05) is 0 Å². The molecule has 2 heterocycles. The lowest BCUT2D eigenvalue weighted by Gasteiger charge is -2.04. The van der Waals surface area contributed by atoms with Crippen LogP contribution >= 0.6 is 11.3 Å². The summed E-state index contributed by atoms with van der Waals surface area (Å²) in [7, 11) is -1.86. The first-order chi connectivity index (χ1) is 9.29. The summed E-state index contributed by atoms with van der Waals surface area (Å²) in [5, 5.41) is 8.89. The Morgan fingerprint density at radius 3 is 2.70 bits per heavy atom. The van der Waals surface area contributed by atoms with Gasteiger partial charge in [-0.15, -0.1) is 11.3 Å². The quantitative estimate of drug-likeness (QED) is 0.877. The predicted octanol–water partition coefficient (Wildman–Crippen LogP) is 1.57. The van der Waals surface area contributed by atoms with Crippen LogP contribution in [0, 0.1) is 6.92 Å². The van der Waals surface area contributed by atoms with Gasteiger partial charge in [0.05, 0.1) is 4.90 Å². The second kappa shape index (κ2) is 5.39. The number of aromatic carboxylic acids is 1. The van der Waals surface area contributed by atoms with Crippen LogP contribution in [0.4, 0.5) is 0 Å². The number of nitrogens with one attached hydrogen (secondary N) is 1. The fourth-order valence-corrected chi connectivity index (χ4v) is 4.20. The van der Waals surface area contributed by atoms with Gasteiger partial charge in [-0.1, -0.05) is 0 Å². The van der Waals surface area contributed by atoms with E-state index in [1.54, 1.807) is 6.92 Å². The van der Waals surface area contributed by atoms with E-state index in [2.05, 4.69) is 4.72 Å². The van der Waals surface area contributed by atoms with E-state index < -0.39 is 16.0 Å². The van der Waals surface area contributed by atoms with E-state index in [1.807, 2.05) is 30.1 Å². The average Bonchev–Trinajstić information content (AvgIpc) is 2.93. The Labute approximate surface area is 120 Å². The molecule has 2 aromatic rings. The highest BCUT2D eigenvalue weighted by Gasteiger charge is 2.21. The highest BCUT2D eigenvalue weighted by atomic mass is 32.2. The normalized spacial score (nSPS) is 11.7. The number of sulfonamides is 1. The smallest absolute Gasteiger partial charge is 0.345 e. The van der Waals surface area contributed by atoms with Crippen molar-refractivity contribution in [3.8, 4) is 0 Å². The SMILES string of the molecule is Cc1sc(C(=O)O)cc1S(=O)(=O)NCc1ccn(C)c1. The largest absolute Gasteiger partial charge is 0.477 e. The molecule has 2 N–H and O–H groups in total. The highest BCUT2D eigenvalue weighted by molar-refractivity contribution is 7.89. The van der Waals surface area contributed by atoms with Crippen molar-refractivity contribution < 1.29 is 18.3 Å². The number of nitrogens with zero attached hydrogens (tertiary/aromatic N) is 1. The first-order valence-corrected chi connectivity index (χ1v) is 8.04. The molecule has 0 aromatic carbocycles. The topological polar surface area (TPSA) is 88.4 Å². The Bertz CT molecular complexity index is 743. The number of aromatic nitrogens is 1. The summed E-state index contributed by atoms with van der Waals surface area (Å²) in [5.41, 5.74) is 0.836. The van der Waals surface area contributed by atoms with Crippen LogP contribution in [-0.2, 0) is 23.6 Å².